The Balaban J connectivity index is 2.72. The molecule has 0 spiro atoms. The van der Waals surface area contributed by atoms with Gasteiger partial charge in [0.1, 0.15) is 0 Å². The first-order chi connectivity index (χ1) is 7.63. The lowest BCUT2D eigenvalue weighted by Gasteiger charge is -2.18. The molecule has 1 aromatic carbocycles. The third-order valence-electron chi connectivity index (χ3n) is 2.56. The smallest absolute Gasteiger partial charge is 0.0409 e. The summed E-state index contributed by atoms with van der Waals surface area (Å²) in [6, 6.07) is 8.45. The summed E-state index contributed by atoms with van der Waals surface area (Å²) >= 11 is 6.01. The molecule has 1 N–H and O–H groups in total. The predicted molar refractivity (Wildman–Crippen MR) is 71.9 cm³/mol. The summed E-state index contributed by atoms with van der Waals surface area (Å²) in [4.78, 5) is 0. The Bertz CT molecular complexity index is 346. The van der Waals surface area contributed by atoms with Crippen molar-refractivity contribution >= 4 is 11.6 Å². The average molecular weight is 238 g/mol. The molecule has 0 aliphatic carbocycles. The molecule has 1 unspecified atom stereocenters. The van der Waals surface area contributed by atoms with Crippen LogP contribution in [-0.2, 0) is 0 Å². The van der Waals surface area contributed by atoms with E-state index in [2.05, 4.69) is 31.8 Å². The lowest BCUT2D eigenvalue weighted by molar-refractivity contribution is 0.515. The zero-order valence-corrected chi connectivity index (χ0v) is 10.8. The highest BCUT2D eigenvalue weighted by Crippen LogP contribution is 2.22. The van der Waals surface area contributed by atoms with E-state index in [1.807, 2.05) is 18.2 Å². The molecule has 0 saturated carbocycles. The first-order valence-electron chi connectivity index (χ1n) is 5.76. The van der Waals surface area contributed by atoms with Crippen LogP contribution in [0.25, 0.3) is 0 Å². The molecule has 1 rings (SSSR count). The van der Waals surface area contributed by atoms with E-state index in [0.29, 0.717) is 6.04 Å². The fourth-order valence-corrected chi connectivity index (χ4v) is 1.95. The topological polar surface area (TPSA) is 12.0 Å². The van der Waals surface area contributed by atoms with E-state index in [1.54, 1.807) is 0 Å². The maximum absolute atomic E-state index is 6.01. The summed E-state index contributed by atoms with van der Waals surface area (Å²) in [6.07, 6.45) is 2.12. The van der Waals surface area contributed by atoms with Crippen molar-refractivity contribution in [3.8, 4) is 0 Å². The van der Waals surface area contributed by atoms with Crippen LogP contribution < -0.4 is 5.32 Å². The summed E-state index contributed by atoms with van der Waals surface area (Å²) in [6.45, 7) is 9.10. The van der Waals surface area contributed by atoms with Crippen molar-refractivity contribution in [1.29, 1.82) is 0 Å². The van der Waals surface area contributed by atoms with Crippen LogP contribution in [0.2, 0.25) is 5.02 Å². The molecule has 0 heterocycles. The van der Waals surface area contributed by atoms with E-state index >= 15 is 0 Å². The molecule has 0 aliphatic heterocycles. The van der Waals surface area contributed by atoms with Crippen molar-refractivity contribution in [2.45, 2.75) is 32.7 Å². The van der Waals surface area contributed by atoms with E-state index in [9.17, 15) is 0 Å². The number of halogens is 1. The summed E-state index contributed by atoms with van der Waals surface area (Å²) in [7, 11) is 0. The summed E-state index contributed by atoms with van der Waals surface area (Å²) in [5, 5.41) is 4.28. The first kappa shape index (κ1) is 13.3. The molecule has 0 bridgehead atoms. The van der Waals surface area contributed by atoms with Crippen LogP contribution >= 0.6 is 11.6 Å². The minimum atomic E-state index is 0.375. The lowest BCUT2D eigenvalue weighted by Crippen LogP contribution is -2.20. The van der Waals surface area contributed by atoms with E-state index in [1.165, 1.54) is 11.1 Å². The second-order valence-corrected chi connectivity index (χ2v) is 4.60. The number of hydrogen-bond acceptors (Lipinski definition) is 1. The Hall–Kier alpha value is -0.790. The van der Waals surface area contributed by atoms with Gasteiger partial charge in [-0.3, -0.25) is 0 Å². The van der Waals surface area contributed by atoms with Crippen molar-refractivity contribution in [2.24, 2.45) is 0 Å². The average Bonchev–Trinajstić information content (AvgIpc) is 2.24. The Morgan fingerprint density at radius 2 is 2.25 bits per heavy atom. The molecule has 2 heteroatoms. The molecule has 0 radical (unpaired) electrons. The normalized spacial score (nSPS) is 12.4. The second kappa shape index (κ2) is 6.72. The van der Waals surface area contributed by atoms with Gasteiger partial charge in [0.25, 0.3) is 0 Å². The van der Waals surface area contributed by atoms with Crippen LogP contribution in [-0.4, -0.2) is 6.54 Å². The number of benzene rings is 1. The van der Waals surface area contributed by atoms with Gasteiger partial charge in [0, 0.05) is 11.1 Å². The summed E-state index contributed by atoms with van der Waals surface area (Å²) in [5.74, 6) is 0. The Morgan fingerprint density at radius 3 is 2.81 bits per heavy atom. The number of hydrogen-bond donors (Lipinski definition) is 1. The molecule has 16 heavy (non-hydrogen) atoms. The Morgan fingerprint density at radius 1 is 1.50 bits per heavy atom. The molecule has 1 aromatic rings. The standard InChI is InChI=1S/C14H20ClN/c1-4-16-14(9-8-11(2)3)12-6-5-7-13(15)10-12/h5-7,10,14,16H,2,4,8-9H2,1,3H3. The quantitative estimate of drug-likeness (QED) is 0.726. The molecule has 0 aliphatic rings. The highest BCUT2D eigenvalue weighted by atomic mass is 35.5. The van der Waals surface area contributed by atoms with Gasteiger partial charge in [-0.25, -0.2) is 0 Å². The summed E-state index contributed by atoms with van der Waals surface area (Å²) in [5.41, 5.74) is 2.49. The molecular formula is C14H20ClN. The van der Waals surface area contributed by atoms with Crippen LogP contribution in [0.4, 0.5) is 0 Å². The van der Waals surface area contributed by atoms with Crippen LogP contribution in [0.15, 0.2) is 36.4 Å². The fourth-order valence-electron chi connectivity index (χ4n) is 1.75. The van der Waals surface area contributed by atoms with Crippen LogP contribution in [0.1, 0.15) is 38.3 Å². The van der Waals surface area contributed by atoms with E-state index < -0.39 is 0 Å². The molecule has 88 valence electrons. The van der Waals surface area contributed by atoms with E-state index in [-0.39, 0.29) is 0 Å². The van der Waals surface area contributed by atoms with E-state index in [4.69, 9.17) is 11.6 Å². The highest BCUT2D eigenvalue weighted by Gasteiger charge is 2.09. The van der Waals surface area contributed by atoms with Gasteiger partial charge in [0.2, 0.25) is 0 Å². The Kier molecular flexibility index (Phi) is 5.58. The molecule has 1 atom stereocenters. The van der Waals surface area contributed by atoms with E-state index in [0.717, 1.165) is 24.4 Å². The lowest BCUT2D eigenvalue weighted by atomic mass is 10.00. The van der Waals surface area contributed by atoms with Gasteiger partial charge in [0.15, 0.2) is 0 Å². The monoisotopic (exact) mass is 237 g/mol. The minimum absolute atomic E-state index is 0.375. The van der Waals surface area contributed by atoms with Gasteiger partial charge in [-0.05, 0) is 44.0 Å². The molecular weight excluding hydrogens is 218 g/mol. The molecule has 0 saturated heterocycles. The number of rotatable bonds is 6. The molecule has 0 fully saturated rings. The maximum atomic E-state index is 6.01. The van der Waals surface area contributed by atoms with Crippen molar-refractivity contribution < 1.29 is 0 Å². The zero-order valence-electron chi connectivity index (χ0n) is 10.1. The summed E-state index contributed by atoms with van der Waals surface area (Å²) < 4.78 is 0. The van der Waals surface area contributed by atoms with Crippen molar-refractivity contribution in [3.63, 3.8) is 0 Å². The van der Waals surface area contributed by atoms with Crippen LogP contribution in [0.3, 0.4) is 0 Å². The first-order valence-corrected chi connectivity index (χ1v) is 6.14. The largest absolute Gasteiger partial charge is 0.310 e. The number of nitrogens with one attached hydrogen (secondary N) is 1. The van der Waals surface area contributed by atoms with Gasteiger partial charge in [-0.15, -0.1) is 6.58 Å². The number of allylic oxidation sites excluding steroid dienone is 1. The van der Waals surface area contributed by atoms with Crippen LogP contribution in [0, 0.1) is 0 Å². The van der Waals surface area contributed by atoms with Gasteiger partial charge in [0.05, 0.1) is 0 Å². The Labute approximate surface area is 104 Å². The molecule has 0 amide bonds. The van der Waals surface area contributed by atoms with Gasteiger partial charge < -0.3 is 5.32 Å². The third-order valence-corrected chi connectivity index (χ3v) is 2.80. The van der Waals surface area contributed by atoms with Crippen molar-refractivity contribution in [2.75, 3.05) is 6.54 Å². The zero-order chi connectivity index (χ0) is 12.0. The second-order valence-electron chi connectivity index (χ2n) is 4.16. The molecule has 0 aromatic heterocycles. The van der Waals surface area contributed by atoms with Gasteiger partial charge in [-0.2, -0.15) is 0 Å². The fraction of sp³-hybridized carbons (Fsp3) is 0.429. The highest BCUT2D eigenvalue weighted by molar-refractivity contribution is 6.30. The third kappa shape index (κ3) is 4.38. The van der Waals surface area contributed by atoms with Gasteiger partial charge >= 0.3 is 0 Å². The maximum Gasteiger partial charge on any atom is 0.0409 e. The van der Waals surface area contributed by atoms with Crippen molar-refractivity contribution in [3.05, 3.63) is 47.0 Å². The van der Waals surface area contributed by atoms with Gasteiger partial charge in [-0.1, -0.05) is 36.2 Å². The minimum Gasteiger partial charge on any atom is -0.310 e. The van der Waals surface area contributed by atoms with Crippen molar-refractivity contribution in [1.82, 2.24) is 5.32 Å². The predicted octanol–water partition coefficient (Wildman–Crippen LogP) is 4.35. The SMILES string of the molecule is C=C(C)CCC(NCC)c1cccc(Cl)c1. The van der Waals surface area contributed by atoms with Crippen LogP contribution in [0.5, 0.6) is 0 Å². The molecule has 1 nitrogen and oxygen atoms in total.